The first-order chi connectivity index (χ1) is 16.0. The lowest BCUT2D eigenvalue weighted by molar-refractivity contribution is -0.145. The van der Waals surface area contributed by atoms with Crippen LogP contribution in [0.5, 0.6) is 5.75 Å². The van der Waals surface area contributed by atoms with E-state index < -0.39 is 38.9 Å². The summed E-state index contributed by atoms with van der Waals surface area (Å²) in [6.07, 6.45) is 1.45. The summed E-state index contributed by atoms with van der Waals surface area (Å²) in [6.45, 7) is 8.23. The van der Waals surface area contributed by atoms with E-state index in [1.165, 1.54) is 18.3 Å². The molecule has 3 rings (SSSR count). The van der Waals surface area contributed by atoms with E-state index in [9.17, 15) is 18.9 Å². The van der Waals surface area contributed by atoms with Crippen molar-refractivity contribution in [2.45, 2.75) is 63.3 Å². The maximum atomic E-state index is 13.4. The van der Waals surface area contributed by atoms with E-state index in [4.69, 9.17) is 9.47 Å². The van der Waals surface area contributed by atoms with Crippen molar-refractivity contribution in [3.63, 3.8) is 0 Å². The highest BCUT2D eigenvalue weighted by molar-refractivity contribution is 7.84. The molecule has 0 saturated carbocycles. The number of rotatable bonds is 10. The Morgan fingerprint density at radius 2 is 1.94 bits per heavy atom. The highest BCUT2D eigenvalue weighted by atomic mass is 32.2. The Bertz CT molecular complexity index is 1010. The van der Waals surface area contributed by atoms with Crippen molar-refractivity contribution in [3.05, 3.63) is 52.2 Å². The first-order valence-electron chi connectivity index (χ1n) is 11.4. The quantitative estimate of drug-likeness (QED) is 0.466. The Morgan fingerprint density at radius 3 is 2.53 bits per heavy atom. The fourth-order valence-electron chi connectivity index (χ4n) is 3.72. The van der Waals surface area contributed by atoms with Crippen LogP contribution in [0.4, 0.5) is 0 Å². The Balaban J connectivity index is 2.09. The van der Waals surface area contributed by atoms with Crippen LogP contribution in [0.3, 0.4) is 0 Å². The monoisotopic (exact) mass is 507 g/mol. The summed E-state index contributed by atoms with van der Waals surface area (Å²) >= 11 is 1.46. The highest BCUT2D eigenvalue weighted by Crippen LogP contribution is 2.38. The third-order valence-corrected chi connectivity index (χ3v) is 8.26. The molecule has 3 unspecified atom stereocenters. The molecule has 0 bridgehead atoms. The van der Waals surface area contributed by atoms with Gasteiger partial charge in [-0.15, -0.1) is 0 Å². The van der Waals surface area contributed by atoms with E-state index in [1.54, 1.807) is 0 Å². The van der Waals surface area contributed by atoms with E-state index in [1.807, 2.05) is 61.9 Å². The number of carboxylic acid groups (broad SMARTS) is 1. The Kier molecular flexibility index (Phi) is 8.67. The lowest BCUT2D eigenvalue weighted by Gasteiger charge is -2.37. The summed E-state index contributed by atoms with van der Waals surface area (Å²) in [5, 5.41) is 13.2. The molecule has 2 heterocycles. The van der Waals surface area contributed by atoms with Gasteiger partial charge in [-0.2, -0.15) is 11.3 Å². The van der Waals surface area contributed by atoms with Crippen LogP contribution < -0.4 is 9.46 Å². The van der Waals surface area contributed by atoms with Gasteiger partial charge in [0.1, 0.15) is 23.6 Å². The summed E-state index contributed by atoms with van der Waals surface area (Å²) in [4.78, 5) is 24.7. The van der Waals surface area contributed by atoms with Crippen molar-refractivity contribution in [3.8, 4) is 5.75 Å². The van der Waals surface area contributed by atoms with Crippen molar-refractivity contribution >= 4 is 34.1 Å². The van der Waals surface area contributed by atoms with E-state index in [0.29, 0.717) is 24.5 Å². The number of ketones is 1. The second-order valence-corrected chi connectivity index (χ2v) is 12.3. The molecule has 0 aliphatic carbocycles. The zero-order valence-electron chi connectivity index (χ0n) is 20.0. The Hall–Kier alpha value is -2.07. The number of Topliss-reactive ketones (excluding diaryl/α,β-unsaturated/α-hetero) is 1. The predicted octanol–water partition coefficient (Wildman–Crippen LogP) is 4.28. The number of hydrogen-bond donors (Lipinski definition) is 2. The van der Waals surface area contributed by atoms with Gasteiger partial charge in [-0.05, 0) is 67.8 Å². The average Bonchev–Trinajstić information content (AvgIpc) is 3.33. The molecule has 1 aromatic heterocycles. The maximum Gasteiger partial charge on any atom is 0.313 e. The van der Waals surface area contributed by atoms with Crippen molar-refractivity contribution in [2.24, 2.45) is 5.92 Å². The smallest absolute Gasteiger partial charge is 0.313 e. The van der Waals surface area contributed by atoms with E-state index in [2.05, 4.69) is 4.72 Å². The zero-order valence-corrected chi connectivity index (χ0v) is 21.7. The van der Waals surface area contributed by atoms with Crippen molar-refractivity contribution in [2.75, 3.05) is 13.2 Å². The van der Waals surface area contributed by atoms with Gasteiger partial charge >= 0.3 is 5.97 Å². The number of hydrogen-bond acceptors (Lipinski definition) is 6. The molecule has 1 saturated heterocycles. The molecule has 3 atom stereocenters. The zero-order chi connectivity index (χ0) is 24.9. The molecule has 1 fully saturated rings. The van der Waals surface area contributed by atoms with Crippen molar-refractivity contribution in [1.82, 2.24) is 4.72 Å². The second-order valence-electron chi connectivity index (χ2n) is 9.56. The average molecular weight is 508 g/mol. The van der Waals surface area contributed by atoms with Crippen molar-refractivity contribution < 1.29 is 28.4 Å². The van der Waals surface area contributed by atoms with E-state index in [-0.39, 0.29) is 12.5 Å². The lowest BCUT2D eigenvalue weighted by atomic mass is 9.79. The van der Waals surface area contributed by atoms with Gasteiger partial charge in [-0.3, -0.25) is 9.59 Å². The fourth-order valence-corrected chi connectivity index (χ4v) is 5.38. The molecule has 7 nitrogen and oxygen atoms in total. The Morgan fingerprint density at radius 1 is 1.24 bits per heavy atom. The Labute approximate surface area is 207 Å². The van der Waals surface area contributed by atoms with Crippen LogP contribution in [0, 0.1) is 5.92 Å². The van der Waals surface area contributed by atoms with Crippen LogP contribution in [0.25, 0.3) is 0 Å². The third-order valence-electron chi connectivity index (χ3n) is 5.93. The van der Waals surface area contributed by atoms with Gasteiger partial charge in [0.2, 0.25) is 0 Å². The minimum absolute atomic E-state index is 0.0323. The maximum absolute atomic E-state index is 13.4. The SMILES string of the molecule is CC(C(=O)O)C(=O)CC(NS(=O)C(C)(C)C)(c1ccsc1)c1cccc(OC2CCOCC2)c1. The molecular weight excluding hydrogens is 474 g/mol. The van der Waals surface area contributed by atoms with E-state index >= 15 is 0 Å². The number of aliphatic carboxylic acids is 1. The van der Waals surface area contributed by atoms with Gasteiger partial charge in [0.05, 0.1) is 34.5 Å². The molecule has 2 N–H and O–H groups in total. The third kappa shape index (κ3) is 6.33. The predicted molar refractivity (Wildman–Crippen MR) is 133 cm³/mol. The molecule has 1 aromatic carbocycles. The highest BCUT2D eigenvalue weighted by Gasteiger charge is 2.42. The summed E-state index contributed by atoms with van der Waals surface area (Å²) in [5.41, 5.74) is 0.261. The normalized spacial score (nSPS) is 18.6. The van der Waals surface area contributed by atoms with Gasteiger partial charge in [-0.1, -0.05) is 12.1 Å². The summed E-state index contributed by atoms with van der Waals surface area (Å²) in [6, 6.07) is 9.30. The standard InChI is InChI=1S/C25H33NO6S2/c1-17(23(28)29)22(27)15-25(19-10-13-33-16-19,26-34(30)24(2,3)4)18-6-5-7-21(14-18)32-20-8-11-31-12-9-20/h5-7,10,13-14,16-17,20,26H,8-9,11-12,15H2,1-4H3,(H,28,29). The van der Waals surface area contributed by atoms with Gasteiger partial charge < -0.3 is 14.6 Å². The van der Waals surface area contributed by atoms with Crippen LogP contribution in [-0.4, -0.2) is 45.1 Å². The number of carboxylic acids is 1. The second kappa shape index (κ2) is 11.1. The van der Waals surface area contributed by atoms with Crippen LogP contribution in [0.2, 0.25) is 0 Å². The molecule has 34 heavy (non-hydrogen) atoms. The molecule has 1 aliphatic heterocycles. The number of nitrogens with one attached hydrogen (secondary N) is 1. The summed E-state index contributed by atoms with van der Waals surface area (Å²) in [5.74, 6) is -2.18. The molecular formula is C25H33NO6S2. The molecule has 0 amide bonds. The van der Waals surface area contributed by atoms with E-state index in [0.717, 1.165) is 18.4 Å². The molecule has 186 valence electrons. The molecule has 0 spiro atoms. The topological polar surface area (TPSA) is 102 Å². The first-order valence-corrected chi connectivity index (χ1v) is 13.4. The van der Waals surface area contributed by atoms with Gasteiger partial charge in [-0.25, -0.2) is 8.93 Å². The summed E-state index contributed by atoms with van der Waals surface area (Å²) < 4.78 is 27.6. The molecule has 0 radical (unpaired) electrons. The number of thiophene rings is 1. The first kappa shape index (κ1) is 26.5. The largest absolute Gasteiger partial charge is 0.490 e. The molecule has 2 aromatic rings. The lowest BCUT2D eigenvalue weighted by Crippen LogP contribution is -2.50. The van der Waals surface area contributed by atoms with Crippen LogP contribution >= 0.6 is 11.3 Å². The van der Waals surface area contributed by atoms with Crippen molar-refractivity contribution in [1.29, 1.82) is 0 Å². The minimum Gasteiger partial charge on any atom is -0.490 e. The number of carbonyl (C=O) groups is 2. The number of ether oxygens (including phenoxy) is 2. The number of benzene rings is 1. The van der Waals surface area contributed by atoms with Crippen LogP contribution in [-0.2, 0) is 30.9 Å². The van der Waals surface area contributed by atoms with Gasteiger partial charge in [0, 0.05) is 19.3 Å². The fraction of sp³-hybridized carbons (Fsp3) is 0.520. The minimum atomic E-state index is -1.55. The molecule has 1 aliphatic rings. The van der Waals surface area contributed by atoms with Gasteiger partial charge in [0.15, 0.2) is 0 Å². The van der Waals surface area contributed by atoms with Gasteiger partial charge in [0.25, 0.3) is 0 Å². The summed E-state index contributed by atoms with van der Waals surface area (Å²) in [7, 11) is -1.55. The van der Waals surface area contributed by atoms with Crippen LogP contribution in [0.15, 0.2) is 41.1 Å². The van der Waals surface area contributed by atoms with Crippen LogP contribution in [0.1, 0.15) is 58.1 Å². The number of carbonyl (C=O) groups excluding carboxylic acids is 1. The molecule has 9 heteroatoms.